The smallest absolute Gasteiger partial charge is 0.327 e. The second kappa shape index (κ2) is 27.3. The van der Waals surface area contributed by atoms with Gasteiger partial charge in [0.05, 0.1) is 95.9 Å². The van der Waals surface area contributed by atoms with E-state index in [1.54, 1.807) is 0 Å². The average Bonchev–Trinajstić information content (AvgIpc) is 4.14. The van der Waals surface area contributed by atoms with Gasteiger partial charge in [-0.1, -0.05) is 78.9 Å². The predicted molar refractivity (Wildman–Crippen MR) is 309 cm³/mol. The number of amides is 1. The summed E-state index contributed by atoms with van der Waals surface area (Å²) in [4.78, 5) is 39.7. The van der Waals surface area contributed by atoms with Gasteiger partial charge >= 0.3 is 8.69 Å². The van der Waals surface area contributed by atoms with Gasteiger partial charge in [-0.25, -0.2) is 47.9 Å². The Morgan fingerprint density at radius 3 is 2.06 bits per heavy atom. The van der Waals surface area contributed by atoms with E-state index in [1.165, 1.54) is 46.2 Å². The number of anilines is 3. The van der Waals surface area contributed by atoms with Crippen LogP contribution in [0.15, 0.2) is 98.1 Å². The number of nitrogens with zero attached hydrogens (tertiary/aromatic N) is 12. The van der Waals surface area contributed by atoms with E-state index >= 15 is 8.78 Å². The summed E-state index contributed by atoms with van der Waals surface area (Å²) in [5.74, 6) is 0.925. The summed E-state index contributed by atoms with van der Waals surface area (Å²) < 4.78 is 115. The molecule has 5 aromatic heterocycles. The molecule has 8 heterocycles. The van der Waals surface area contributed by atoms with Crippen molar-refractivity contribution < 1.29 is 64.7 Å². The van der Waals surface area contributed by atoms with Crippen molar-refractivity contribution in [1.29, 1.82) is 0 Å². The minimum atomic E-state index is -4.23. The van der Waals surface area contributed by atoms with E-state index < -0.39 is 72.0 Å². The van der Waals surface area contributed by atoms with Crippen LogP contribution >= 0.6 is 27.9 Å². The average molecular weight is 1230 g/mol. The molecule has 32 heteroatoms. The minimum absolute atomic E-state index is 0.0342. The molecule has 0 saturated carbocycles. The number of imidazole rings is 2. The molecule has 1 unspecified atom stereocenters. The first-order valence-corrected chi connectivity index (χ1v) is 31.0. The number of halogens is 2. The zero-order valence-electron chi connectivity index (χ0n) is 46.0. The number of nitrogen functional groups attached to an aromatic ring is 2. The number of aromatic nitrogens is 11. The Morgan fingerprint density at radius 2 is 1.38 bits per heavy atom. The van der Waals surface area contributed by atoms with E-state index in [2.05, 4.69) is 40.2 Å². The Bertz CT molecular complexity index is 3670. The maximum absolute atomic E-state index is 16.7. The number of carbonyl (C=O) groups is 1. The molecule has 446 valence electrons. The second-order valence-corrected chi connectivity index (χ2v) is 23.2. The van der Waals surface area contributed by atoms with Gasteiger partial charge < -0.3 is 53.8 Å². The van der Waals surface area contributed by atoms with Crippen molar-refractivity contribution in [2.24, 2.45) is 0 Å². The number of carbonyl (C=O) groups excluding carboxylic acids is 1. The Balaban J connectivity index is 0.616. The zero-order valence-corrected chi connectivity index (χ0v) is 48.6. The number of fused-ring (bicyclic) bond motifs is 7. The summed E-state index contributed by atoms with van der Waals surface area (Å²) in [5, 5.41) is 9.14. The van der Waals surface area contributed by atoms with Gasteiger partial charge in [-0.15, -0.1) is 16.9 Å². The lowest BCUT2D eigenvalue weighted by atomic mass is 9.95. The van der Waals surface area contributed by atoms with Crippen LogP contribution in [0, 0.1) is 0 Å². The lowest BCUT2D eigenvalue weighted by Gasteiger charge is -2.28. The van der Waals surface area contributed by atoms with Crippen molar-refractivity contribution in [2.75, 3.05) is 68.6 Å². The molecule has 4 N–H and O–H groups in total. The number of rotatable bonds is 27. The number of nitrogens with two attached hydrogens (primary N) is 2. The summed E-state index contributed by atoms with van der Waals surface area (Å²) in [6.45, 7) is 4.30. The Labute approximate surface area is 491 Å². The summed E-state index contributed by atoms with van der Waals surface area (Å²) in [7, 11) is -3.96. The van der Waals surface area contributed by atoms with Crippen molar-refractivity contribution in [1.82, 2.24) is 54.0 Å². The Hall–Kier alpha value is -6.79. The molecule has 2 saturated heterocycles. The van der Waals surface area contributed by atoms with Gasteiger partial charge in [0, 0.05) is 23.3 Å². The number of benzene rings is 3. The maximum Gasteiger partial charge on any atom is 0.327 e. The normalized spacial score (nSPS) is 21.9. The van der Waals surface area contributed by atoms with Crippen LogP contribution in [0.4, 0.5) is 26.1 Å². The van der Waals surface area contributed by atoms with Gasteiger partial charge in [-0.2, -0.15) is 0 Å². The first-order chi connectivity index (χ1) is 41.4. The molecule has 85 heavy (non-hydrogen) atoms. The third kappa shape index (κ3) is 13.3. The Morgan fingerprint density at radius 1 is 0.765 bits per heavy atom. The molecule has 3 aliphatic rings. The summed E-state index contributed by atoms with van der Waals surface area (Å²) >= 11 is 1.46. The first kappa shape index (κ1) is 59.9. The number of alkyl halides is 2. The maximum atomic E-state index is 16.7. The van der Waals surface area contributed by atoms with Crippen molar-refractivity contribution in [3.05, 3.63) is 115 Å². The highest BCUT2D eigenvalue weighted by molar-refractivity contribution is 7.98. The lowest BCUT2D eigenvalue weighted by molar-refractivity contribution is -0.118. The summed E-state index contributed by atoms with van der Waals surface area (Å²) in [5.41, 5.74) is 20.0. The summed E-state index contributed by atoms with van der Waals surface area (Å²) in [6, 6.07) is 23.8. The van der Waals surface area contributed by atoms with Gasteiger partial charge in [0.15, 0.2) is 47.7 Å². The monoisotopic (exact) mass is 1230 g/mol. The molecule has 1 amide bonds. The molecule has 0 radical (unpaired) electrons. The van der Waals surface area contributed by atoms with Gasteiger partial charge in [0.2, 0.25) is 5.91 Å². The summed E-state index contributed by atoms with van der Waals surface area (Å²) in [6.07, 6.45) is -6.73. The van der Waals surface area contributed by atoms with Crippen LogP contribution in [-0.2, 0) is 81.4 Å². The van der Waals surface area contributed by atoms with Crippen molar-refractivity contribution in [3.63, 3.8) is 0 Å². The fourth-order valence-electron chi connectivity index (χ4n) is 10.3. The van der Waals surface area contributed by atoms with E-state index in [1.807, 2.05) is 89.3 Å². The van der Waals surface area contributed by atoms with Crippen LogP contribution < -0.4 is 16.4 Å². The second-order valence-electron chi connectivity index (χ2n) is 19.9. The molecule has 2 fully saturated rings. The number of para-hydroxylation sites is 1. The standard InChI is InChI=1S/C53H59BF2N14O12P2S/c1-2-39(71)67-21-33-7-3-4-8-34(33)42-45(35-9-5-6-10-36(35)67)70(66-65-42)15-16-74-17-18-75-19-20-76-22-31-11-13-32(14-12-31)25-85-30-77-23-37-47(41(56)53(79-37)69-29-64-44-49(58)60-27-62-51(44)69)82-84(54,73)78-24-38-46(81-83-72)40(55)52(80-38)68-28-63-43-48(57)59-26-61-50(43)68/h3-14,26-29,37-38,40-41,46-47,52-53H,2,15-25,30,54H2,1H3,(H2,57,59,61)(H2,58,60,62)/t37-,38-,40-,41-,46-,47-,52-,53-,84?/m1/s1. The number of thioether (sulfide) groups is 1. The Kier molecular flexibility index (Phi) is 19.2. The van der Waals surface area contributed by atoms with Crippen molar-refractivity contribution in [3.8, 4) is 22.5 Å². The minimum Gasteiger partial charge on any atom is -0.382 e. The lowest BCUT2D eigenvalue weighted by Crippen LogP contribution is -2.35. The van der Waals surface area contributed by atoms with Gasteiger partial charge in [0.1, 0.15) is 53.8 Å². The van der Waals surface area contributed by atoms with E-state index in [9.17, 15) is 13.9 Å². The van der Waals surface area contributed by atoms with Crippen LogP contribution in [0.25, 0.3) is 44.8 Å². The fourth-order valence-corrected chi connectivity index (χ4v) is 12.5. The molecule has 26 nitrogen and oxygen atoms in total. The van der Waals surface area contributed by atoms with E-state index in [-0.39, 0.29) is 52.4 Å². The molecule has 11 rings (SSSR count). The third-order valence-corrected chi connectivity index (χ3v) is 16.8. The molecule has 0 spiro atoms. The van der Waals surface area contributed by atoms with E-state index in [0.717, 1.165) is 52.5 Å². The SMILES string of the molecule is BP(=O)(OC[C@H]1O[C@@H](n2cnc3c(N)ncnc32)[C@H](F)[C@@H]1OP=O)O[C@H]1[C@@H](F)[C@H](n2cnc3c(N)ncnc32)O[C@@H]1COCSCc1ccc(COCCOCCOCCn2nnc3c2-c2ccccc2N(C(=O)CC)Cc2ccccc2-3)cc1. The molecular weight excluding hydrogens is 1170 g/mol. The highest BCUT2D eigenvalue weighted by Crippen LogP contribution is 2.50. The van der Waals surface area contributed by atoms with Crippen LogP contribution in [0.1, 0.15) is 42.5 Å². The molecule has 0 bridgehead atoms. The third-order valence-electron chi connectivity index (χ3n) is 14.4. The molecule has 8 aromatic rings. The van der Waals surface area contributed by atoms with Crippen molar-refractivity contribution >= 4 is 81.0 Å². The van der Waals surface area contributed by atoms with Gasteiger partial charge in [0.25, 0.3) is 15.0 Å². The number of hydrogen-bond donors (Lipinski definition) is 2. The van der Waals surface area contributed by atoms with Crippen LogP contribution in [0.5, 0.6) is 0 Å². The molecule has 9 atom stereocenters. The van der Waals surface area contributed by atoms with Gasteiger partial charge in [-0.05, 0) is 22.8 Å². The zero-order chi connectivity index (χ0) is 59.0. The first-order valence-electron chi connectivity index (χ1n) is 27.1. The number of hydrogen-bond acceptors (Lipinski definition) is 23. The quantitative estimate of drug-likeness (QED) is 0.0244. The molecular formula is C53H59BF2N14O12P2S. The molecule has 0 aliphatic carbocycles. The highest BCUT2D eigenvalue weighted by atomic mass is 32.2. The topological polar surface area (TPSA) is 307 Å². The van der Waals surface area contributed by atoms with Crippen LogP contribution in [0.2, 0.25) is 0 Å². The number of ether oxygens (including phenoxy) is 6. The van der Waals surface area contributed by atoms with E-state index in [4.69, 9.17) is 53.5 Å². The molecule has 3 aromatic carbocycles. The predicted octanol–water partition coefficient (Wildman–Crippen LogP) is 6.38. The van der Waals surface area contributed by atoms with Crippen LogP contribution in [0.3, 0.4) is 0 Å². The highest BCUT2D eigenvalue weighted by Gasteiger charge is 2.52. The van der Waals surface area contributed by atoms with Crippen LogP contribution in [-0.4, -0.2) is 156 Å². The van der Waals surface area contributed by atoms with Gasteiger partial charge in [-0.3, -0.25) is 23.0 Å². The van der Waals surface area contributed by atoms with Crippen molar-refractivity contribution in [2.45, 2.75) is 88.0 Å². The van der Waals surface area contributed by atoms with E-state index in [0.29, 0.717) is 64.9 Å². The largest absolute Gasteiger partial charge is 0.382 e. The fraction of sp³-hybridized carbons (Fsp3) is 0.415. The molecule has 3 aliphatic heterocycles.